The summed E-state index contributed by atoms with van der Waals surface area (Å²) < 4.78 is 22.6. The molecule has 4 rings (SSSR count). The van der Waals surface area contributed by atoms with Gasteiger partial charge in [-0.15, -0.1) is 0 Å². The number of hydrogen-bond donors (Lipinski definition) is 2. The normalized spacial score (nSPS) is 11.6. The third-order valence-electron chi connectivity index (χ3n) is 6.60. The molecule has 0 bridgehead atoms. The smallest absolute Gasteiger partial charge is 0.488 e. The van der Waals surface area contributed by atoms with Crippen molar-refractivity contribution in [3.05, 3.63) is 75.5 Å². The first kappa shape index (κ1) is 46.5. The average Bonchev–Trinajstić information content (AvgIpc) is 3.41. The summed E-state index contributed by atoms with van der Waals surface area (Å²) >= 11 is 0. The molecule has 0 spiro atoms. The van der Waals surface area contributed by atoms with Crippen LogP contribution >= 0.6 is 0 Å². The zero-order valence-corrected chi connectivity index (χ0v) is 35.8. The molecular weight excluding hydrogens is 700 g/mol. The van der Waals surface area contributed by atoms with Crippen molar-refractivity contribution in [3.63, 3.8) is 0 Å². The van der Waals surface area contributed by atoms with E-state index in [0.29, 0.717) is 35.4 Å². The number of likely N-dealkylation sites (tertiary alicyclic amines) is 1. The third kappa shape index (κ3) is 15.1. The molecular formula is C37H54N3O8Rb. The standard InChI is InChI=1S/C30H34N3O8.C3H8.2C2H6.Rb/c1-3-23-27(40-18-20-4-6-22(31)7-5-20)19(2)16-21-17-24(30(37)41-28(21)23)29(36)32-10-12-38-14-15-39-13-11-33-25(34)8-9-26(33)35;1-3-2;2*1-2;/h4-8,16-17H,3,9-15,18,31H2,1-2H3,(H,32,36);3H2,1-2H3;2*1-2H3;/q-1;;;;+1. The number of carbonyl (C=O) groups is 3. The molecule has 1 aromatic heterocycles. The number of benzene rings is 2. The van der Waals surface area contributed by atoms with Crippen LogP contribution in [0, 0.1) is 13.3 Å². The van der Waals surface area contributed by atoms with Gasteiger partial charge in [-0.25, -0.2) is 4.79 Å². The molecule has 3 amide bonds. The minimum atomic E-state index is -0.736. The van der Waals surface area contributed by atoms with Gasteiger partial charge >= 0.3 is 63.8 Å². The molecule has 0 atom stereocenters. The number of nitrogens with two attached hydrogens (primary N) is 1. The summed E-state index contributed by atoms with van der Waals surface area (Å²) in [5, 5.41) is 3.30. The Kier molecular flexibility index (Phi) is 24.9. The molecule has 0 aliphatic carbocycles. The van der Waals surface area contributed by atoms with E-state index < -0.39 is 11.5 Å². The fraction of sp³-hybridized carbons (Fsp3) is 0.486. The van der Waals surface area contributed by atoms with Crippen LogP contribution in [-0.2, 0) is 32.1 Å². The van der Waals surface area contributed by atoms with Gasteiger partial charge in [-0.05, 0) is 48.7 Å². The zero-order chi connectivity index (χ0) is 36.1. The van der Waals surface area contributed by atoms with Crippen molar-refractivity contribution in [1.29, 1.82) is 0 Å². The van der Waals surface area contributed by atoms with Crippen molar-refractivity contribution in [2.24, 2.45) is 0 Å². The first-order valence-electron chi connectivity index (χ1n) is 16.9. The van der Waals surface area contributed by atoms with Crippen molar-refractivity contribution >= 4 is 34.4 Å². The second-order valence-corrected chi connectivity index (χ2v) is 10.2. The Morgan fingerprint density at radius 2 is 1.57 bits per heavy atom. The maximum atomic E-state index is 12.7. The number of nitrogens with one attached hydrogen (secondary N) is 1. The number of amides is 3. The number of anilines is 1. The van der Waals surface area contributed by atoms with Crippen molar-refractivity contribution < 1.29 is 91.2 Å². The Balaban J connectivity index is 0.00000268. The molecule has 266 valence electrons. The topological polar surface area (TPSA) is 150 Å². The molecule has 1 fully saturated rings. The van der Waals surface area contributed by atoms with Crippen LogP contribution in [0.5, 0.6) is 5.75 Å². The molecule has 12 heteroatoms. The summed E-state index contributed by atoms with van der Waals surface area (Å²) in [5.74, 6) is -0.432. The van der Waals surface area contributed by atoms with Gasteiger partial charge in [0.2, 0.25) is 0 Å². The first-order chi connectivity index (χ1) is 23.2. The Bertz CT molecular complexity index is 1480. The summed E-state index contributed by atoms with van der Waals surface area (Å²) in [4.78, 5) is 49.6. The molecule has 0 radical (unpaired) electrons. The number of fused-ring (bicyclic) bond motifs is 1. The summed E-state index contributed by atoms with van der Waals surface area (Å²) in [5.41, 5.74) is 8.57. The van der Waals surface area contributed by atoms with E-state index in [9.17, 15) is 19.2 Å². The van der Waals surface area contributed by atoms with Crippen LogP contribution in [0.4, 0.5) is 5.69 Å². The second-order valence-electron chi connectivity index (χ2n) is 10.2. The Morgan fingerprint density at radius 3 is 2.14 bits per heavy atom. The summed E-state index contributed by atoms with van der Waals surface area (Å²) in [7, 11) is 0. The Labute approximate surface area is 340 Å². The van der Waals surface area contributed by atoms with Crippen molar-refractivity contribution in [2.75, 3.05) is 45.3 Å². The summed E-state index contributed by atoms with van der Waals surface area (Å²) in [6.45, 7) is 17.8. The van der Waals surface area contributed by atoms with E-state index in [1.807, 2.05) is 71.9 Å². The van der Waals surface area contributed by atoms with Gasteiger partial charge in [-0.3, -0.25) is 16.0 Å². The molecule has 1 aliphatic heterocycles. The number of ether oxygens (including phenoxy) is 3. The molecule has 49 heavy (non-hydrogen) atoms. The van der Waals surface area contributed by atoms with Gasteiger partial charge in [0, 0.05) is 29.7 Å². The number of hydrogen-bond acceptors (Lipinski definition) is 9. The molecule has 1 aliphatic rings. The van der Waals surface area contributed by atoms with E-state index in [2.05, 4.69) is 19.2 Å². The van der Waals surface area contributed by atoms with E-state index in [1.165, 1.54) is 18.9 Å². The largest absolute Gasteiger partial charge is 1.00 e. The number of rotatable bonds is 14. The zero-order valence-electron chi connectivity index (χ0n) is 30.9. The van der Waals surface area contributed by atoms with Gasteiger partial charge in [-0.2, -0.15) is 0 Å². The monoisotopic (exact) mass is 753 g/mol. The summed E-state index contributed by atoms with van der Waals surface area (Å²) in [6.07, 6.45) is 3.30. The van der Waals surface area contributed by atoms with Crippen LogP contribution in [0.2, 0.25) is 0 Å². The Morgan fingerprint density at radius 1 is 0.959 bits per heavy atom. The average molecular weight is 754 g/mol. The maximum Gasteiger partial charge on any atom is 1.00 e. The van der Waals surface area contributed by atoms with Crippen LogP contribution in [-0.4, -0.2) is 62.1 Å². The van der Waals surface area contributed by atoms with Gasteiger partial charge in [0.05, 0.1) is 32.3 Å². The molecule has 2 aromatic carbocycles. The molecule has 2 heterocycles. The first-order valence-corrected chi connectivity index (χ1v) is 16.9. The van der Waals surface area contributed by atoms with Crippen LogP contribution in [0.1, 0.15) is 88.4 Å². The van der Waals surface area contributed by atoms with Crippen LogP contribution < -0.4 is 79.6 Å². The minimum Gasteiger partial charge on any atom is -0.488 e. The fourth-order valence-corrected chi connectivity index (χ4v) is 4.48. The van der Waals surface area contributed by atoms with Gasteiger partial charge in [-0.1, -0.05) is 73.4 Å². The fourth-order valence-electron chi connectivity index (χ4n) is 4.48. The van der Waals surface area contributed by atoms with Gasteiger partial charge < -0.3 is 39.4 Å². The van der Waals surface area contributed by atoms with Gasteiger partial charge in [0.1, 0.15) is 23.5 Å². The molecule has 11 nitrogen and oxygen atoms in total. The van der Waals surface area contributed by atoms with E-state index in [0.717, 1.165) is 21.6 Å². The van der Waals surface area contributed by atoms with Crippen LogP contribution in [0.15, 0.2) is 45.6 Å². The maximum absolute atomic E-state index is 12.7. The van der Waals surface area contributed by atoms with Crippen molar-refractivity contribution in [1.82, 2.24) is 10.2 Å². The third-order valence-corrected chi connectivity index (χ3v) is 6.60. The number of nitrogens with zero attached hydrogens (tertiary/aromatic N) is 1. The van der Waals surface area contributed by atoms with Crippen LogP contribution in [0.3, 0.4) is 0 Å². The van der Waals surface area contributed by atoms with Crippen molar-refractivity contribution in [2.45, 2.75) is 81.3 Å². The quantitative estimate of drug-likeness (QED) is 0.0833. The predicted octanol–water partition coefficient (Wildman–Crippen LogP) is 3.02. The summed E-state index contributed by atoms with van der Waals surface area (Å²) in [6, 6.07) is 10.8. The molecule has 1 saturated heterocycles. The van der Waals surface area contributed by atoms with E-state index in [4.69, 9.17) is 24.4 Å². The number of carbonyl (C=O) groups excluding carboxylic acids is 3. The van der Waals surface area contributed by atoms with E-state index in [-0.39, 0.29) is 122 Å². The number of imide groups is 1. The Hall–Kier alpha value is -2.54. The second kappa shape index (κ2) is 26.3. The molecule has 3 aromatic rings. The molecule has 0 unspecified atom stereocenters. The van der Waals surface area contributed by atoms with E-state index >= 15 is 0 Å². The SMILES string of the molecule is CC.CC.CCC.CCc1c(OCc2ccc(N)cc2)c(C)cc2cc(C(=O)NCCOCCOCCN3C(=O)[CH-]CC3=O)c(=O)oc12.[Rb+]. The van der Waals surface area contributed by atoms with Crippen LogP contribution in [0.25, 0.3) is 11.0 Å². The van der Waals surface area contributed by atoms with Gasteiger partial charge in [0.15, 0.2) is 5.91 Å². The number of aryl methyl sites for hydroxylation is 2. The number of nitrogen functional groups attached to an aromatic ring is 1. The predicted molar refractivity (Wildman–Crippen MR) is 190 cm³/mol. The van der Waals surface area contributed by atoms with E-state index in [1.54, 1.807) is 0 Å². The van der Waals surface area contributed by atoms with Gasteiger partial charge in [0.25, 0.3) is 5.91 Å². The van der Waals surface area contributed by atoms with Crippen molar-refractivity contribution in [3.8, 4) is 5.75 Å². The molecule has 0 saturated carbocycles. The molecule has 3 N–H and O–H groups in total. The minimum absolute atomic E-state index is 0.